The summed E-state index contributed by atoms with van der Waals surface area (Å²) in [6, 6.07) is 4.76. The fraction of sp³-hybridized carbons (Fsp3) is 0.0909. The predicted octanol–water partition coefficient (Wildman–Crippen LogP) is 1.80. The molecule has 0 bridgehead atoms. The van der Waals surface area contributed by atoms with E-state index >= 15 is 0 Å². The van der Waals surface area contributed by atoms with Gasteiger partial charge >= 0.3 is 0 Å². The number of hydrogen-bond donors (Lipinski definition) is 1. The zero-order valence-electron chi connectivity index (χ0n) is 8.00. The van der Waals surface area contributed by atoms with Crippen molar-refractivity contribution in [1.29, 1.82) is 0 Å². The molecule has 1 aromatic rings. The number of carbonyl (C=O) groups excluding carboxylic acids is 2. The van der Waals surface area contributed by atoms with Crippen LogP contribution in [0.5, 0.6) is 0 Å². The average Bonchev–Trinajstić information content (AvgIpc) is 2.23. The maximum Gasteiger partial charge on any atom is 0.233 e. The Kier molecular flexibility index (Phi) is 2.12. The minimum atomic E-state index is -0.553. The molecule has 2 rings (SSSR count). The molecule has 0 atom stereocenters. The monoisotopic (exact) mass is 221 g/mol. The number of hydrogen-bond acceptors (Lipinski definition) is 3. The number of Topliss-reactive ketones (excluding diaryl/α,β-unsaturated/α-hetero) is 2. The lowest BCUT2D eigenvalue weighted by atomic mass is 9.88. The number of carbonyl (C=O) groups is 2. The Balaban J connectivity index is 2.78. The van der Waals surface area contributed by atoms with Crippen LogP contribution in [0.15, 0.2) is 23.8 Å². The van der Waals surface area contributed by atoms with Crippen molar-refractivity contribution in [2.45, 2.75) is 6.92 Å². The smallest absolute Gasteiger partial charge is 0.233 e. The van der Waals surface area contributed by atoms with Crippen LogP contribution in [0.25, 0.3) is 5.70 Å². The van der Waals surface area contributed by atoms with Crippen LogP contribution in [-0.2, 0) is 4.79 Å². The number of fused-ring (bicyclic) bond motifs is 1. The Bertz CT molecular complexity index is 517. The Morgan fingerprint density at radius 3 is 2.47 bits per heavy atom. The summed E-state index contributed by atoms with van der Waals surface area (Å²) in [5.74, 6) is -1.10. The predicted molar refractivity (Wildman–Crippen MR) is 57.6 cm³/mol. The maximum absolute atomic E-state index is 11.6. The first kappa shape index (κ1) is 9.93. The summed E-state index contributed by atoms with van der Waals surface area (Å²) < 4.78 is 0. The van der Waals surface area contributed by atoms with Crippen molar-refractivity contribution in [3.8, 4) is 0 Å². The summed E-state index contributed by atoms with van der Waals surface area (Å²) in [7, 11) is 0. The molecule has 2 N–H and O–H groups in total. The van der Waals surface area contributed by atoms with E-state index in [1.54, 1.807) is 19.1 Å². The van der Waals surface area contributed by atoms with Gasteiger partial charge in [-0.25, -0.2) is 0 Å². The minimum absolute atomic E-state index is 0.288. The molecule has 3 nitrogen and oxygen atoms in total. The minimum Gasteiger partial charge on any atom is -0.398 e. The van der Waals surface area contributed by atoms with E-state index in [0.717, 1.165) is 0 Å². The van der Waals surface area contributed by atoms with Gasteiger partial charge in [-0.15, -0.1) is 0 Å². The Labute approximate surface area is 91.5 Å². The summed E-state index contributed by atoms with van der Waals surface area (Å²) in [5.41, 5.74) is 7.28. The quantitative estimate of drug-likeness (QED) is 0.680. The van der Waals surface area contributed by atoms with Crippen LogP contribution in [0, 0.1) is 0 Å². The molecular weight excluding hydrogens is 214 g/mol. The van der Waals surface area contributed by atoms with Gasteiger partial charge < -0.3 is 5.73 Å². The second kappa shape index (κ2) is 3.21. The SMILES string of the molecule is CC1=C(N)c2ccc(Cl)cc2C(=O)C1=O. The normalized spacial score (nSPS) is 15.6. The first-order valence-electron chi connectivity index (χ1n) is 4.37. The van der Waals surface area contributed by atoms with Crippen molar-refractivity contribution in [1.82, 2.24) is 0 Å². The van der Waals surface area contributed by atoms with Crippen LogP contribution in [0.2, 0.25) is 5.02 Å². The highest BCUT2D eigenvalue weighted by molar-refractivity contribution is 6.52. The highest BCUT2D eigenvalue weighted by Gasteiger charge is 2.29. The number of nitrogens with two attached hydrogens (primary N) is 1. The van der Waals surface area contributed by atoms with Crippen LogP contribution in [0.3, 0.4) is 0 Å². The Hall–Kier alpha value is -1.61. The average molecular weight is 222 g/mol. The lowest BCUT2D eigenvalue weighted by Gasteiger charge is -2.16. The Morgan fingerprint density at radius 2 is 1.80 bits per heavy atom. The number of halogens is 1. The van der Waals surface area contributed by atoms with E-state index in [2.05, 4.69) is 0 Å². The number of allylic oxidation sites excluding steroid dienone is 1. The summed E-state index contributed by atoms with van der Waals surface area (Å²) in [6.07, 6.45) is 0. The van der Waals surface area contributed by atoms with Gasteiger partial charge in [-0.3, -0.25) is 9.59 Å². The van der Waals surface area contributed by atoms with Crippen molar-refractivity contribution in [3.63, 3.8) is 0 Å². The molecule has 0 fully saturated rings. The molecule has 0 heterocycles. The topological polar surface area (TPSA) is 60.2 Å². The Morgan fingerprint density at radius 1 is 1.13 bits per heavy atom. The third-order valence-corrected chi connectivity index (χ3v) is 2.70. The summed E-state index contributed by atoms with van der Waals surface area (Å²) >= 11 is 5.75. The second-order valence-electron chi connectivity index (χ2n) is 3.39. The van der Waals surface area contributed by atoms with Gasteiger partial charge in [0, 0.05) is 27.4 Å². The van der Waals surface area contributed by atoms with E-state index in [-0.39, 0.29) is 5.56 Å². The number of rotatable bonds is 0. The molecule has 0 saturated heterocycles. The molecule has 0 spiro atoms. The molecule has 1 aromatic carbocycles. The molecule has 0 amide bonds. The highest BCUT2D eigenvalue weighted by atomic mass is 35.5. The summed E-state index contributed by atoms with van der Waals surface area (Å²) in [4.78, 5) is 23.1. The zero-order valence-corrected chi connectivity index (χ0v) is 8.76. The molecule has 1 aliphatic carbocycles. The fourth-order valence-corrected chi connectivity index (χ4v) is 1.73. The molecule has 15 heavy (non-hydrogen) atoms. The van der Waals surface area contributed by atoms with E-state index in [1.165, 1.54) is 6.07 Å². The van der Waals surface area contributed by atoms with E-state index in [1.807, 2.05) is 0 Å². The van der Waals surface area contributed by atoms with Crippen LogP contribution >= 0.6 is 11.6 Å². The molecular formula is C11H8ClNO2. The largest absolute Gasteiger partial charge is 0.398 e. The number of ketones is 2. The lowest BCUT2D eigenvalue weighted by molar-refractivity contribution is -0.111. The van der Waals surface area contributed by atoms with Gasteiger partial charge in [0.05, 0.1) is 0 Å². The summed E-state index contributed by atoms with van der Waals surface area (Å²) in [6.45, 7) is 1.55. The van der Waals surface area contributed by atoms with Crippen molar-refractivity contribution in [2.24, 2.45) is 5.73 Å². The van der Waals surface area contributed by atoms with Crippen LogP contribution in [0.1, 0.15) is 22.8 Å². The molecule has 1 aliphatic rings. The van der Waals surface area contributed by atoms with Crippen molar-refractivity contribution in [2.75, 3.05) is 0 Å². The van der Waals surface area contributed by atoms with E-state index in [4.69, 9.17) is 17.3 Å². The highest BCUT2D eigenvalue weighted by Crippen LogP contribution is 2.27. The molecule has 76 valence electrons. The third kappa shape index (κ3) is 1.36. The first-order valence-corrected chi connectivity index (χ1v) is 4.75. The van der Waals surface area contributed by atoms with Gasteiger partial charge in [0.25, 0.3) is 0 Å². The van der Waals surface area contributed by atoms with Gasteiger partial charge in [-0.1, -0.05) is 17.7 Å². The van der Waals surface area contributed by atoms with Gasteiger partial charge in [0.1, 0.15) is 0 Å². The van der Waals surface area contributed by atoms with Crippen molar-refractivity contribution in [3.05, 3.63) is 39.9 Å². The molecule has 0 saturated carbocycles. The van der Waals surface area contributed by atoms with Crippen LogP contribution < -0.4 is 5.73 Å². The summed E-state index contributed by atoms with van der Waals surface area (Å²) in [5, 5.41) is 0.419. The van der Waals surface area contributed by atoms with Gasteiger partial charge in [0.15, 0.2) is 0 Å². The van der Waals surface area contributed by atoms with Gasteiger partial charge in [0.2, 0.25) is 11.6 Å². The third-order valence-electron chi connectivity index (χ3n) is 2.47. The molecule has 0 aromatic heterocycles. The van der Waals surface area contributed by atoms with E-state index < -0.39 is 11.6 Å². The van der Waals surface area contributed by atoms with Gasteiger partial charge in [-0.2, -0.15) is 0 Å². The van der Waals surface area contributed by atoms with E-state index in [0.29, 0.717) is 21.9 Å². The standard InChI is InChI=1S/C11H8ClNO2/c1-5-9(13)7-3-2-6(12)4-8(7)11(15)10(5)14/h2-4H,13H2,1H3. The van der Waals surface area contributed by atoms with Crippen molar-refractivity contribution < 1.29 is 9.59 Å². The molecule has 0 unspecified atom stereocenters. The van der Waals surface area contributed by atoms with Crippen LogP contribution in [0.4, 0.5) is 0 Å². The molecule has 0 radical (unpaired) electrons. The fourth-order valence-electron chi connectivity index (χ4n) is 1.56. The molecule has 4 heteroatoms. The number of benzene rings is 1. The lowest BCUT2D eigenvalue weighted by Crippen LogP contribution is -2.25. The molecule has 0 aliphatic heterocycles. The van der Waals surface area contributed by atoms with Crippen molar-refractivity contribution >= 4 is 28.9 Å². The van der Waals surface area contributed by atoms with Crippen LogP contribution in [-0.4, -0.2) is 11.6 Å². The second-order valence-corrected chi connectivity index (χ2v) is 3.82. The first-order chi connectivity index (χ1) is 7.02. The van der Waals surface area contributed by atoms with Gasteiger partial charge in [-0.05, 0) is 19.1 Å². The zero-order chi connectivity index (χ0) is 11.2. The van der Waals surface area contributed by atoms with E-state index in [9.17, 15) is 9.59 Å². The maximum atomic E-state index is 11.6.